The molecule has 0 aliphatic carbocycles. The number of esters is 1. The number of rotatable bonds is 9. The lowest BCUT2D eigenvalue weighted by Gasteiger charge is -2.10. The molecule has 2 N–H and O–H groups in total. The van der Waals surface area contributed by atoms with E-state index in [0.29, 0.717) is 24.2 Å². The topological polar surface area (TPSA) is 93.7 Å². The molecular weight excluding hydrogens is 412 g/mol. The molecule has 0 atom stereocenters. The van der Waals surface area contributed by atoms with Gasteiger partial charge in [0.25, 0.3) is 0 Å². The summed E-state index contributed by atoms with van der Waals surface area (Å²) in [6.07, 6.45) is 0. The van der Waals surface area contributed by atoms with Gasteiger partial charge in [0.1, 0.15) is 0 Å². The molecule has 0 aliphatic heterocycles. The standard InChI is InChI=1S/C13H19BrN2O5S.ClH/c1-20-8-7-15-5-6-16-22(18,19)12-4-3-10(9-11(12)14)13(17)21-2;/h3-4,9,15-16H,5-8H2,1-2H3;1H. The van der Waals surface area contributed by atoms with Crippen molar-refractivity contribution in [3.05, 3.63) is 28.2 Å². The summed E-state index contributed by atoms with van der Waals surface area (Å²) in [4.78, 5) is 11.5. The minimum Gasteiger partial charge on any atom is -0.465 e. The molecule has 1 rings (SSSR count). The maximum absolute atomic E-state index is 12.2. The summed E-state index contributed by atoms with van der Waals surface area (Å²) in [5.41, 5.74) is 0.273. The molecular formula is C13H20BrClN2O5S. The Morgan fingerprint density at radius 2 is 1.91 bits per heavy atom. The molecule has 0 radical (unpaired) electrons. The lowest BCUT2D eigenvalue weighted by atomic mass is 10.2. The van der Waals surface area contributed by atoms with Gasteiger partial charge in [-0.3, -0.25) is 0 Å². The van der Waals surface area contributed by atoms with E-state index in [1.165, 1.54) is 25.3 Å². The minimum atomic E-state index is -3.65. The maximum atomic E-state index is 12.2. The molecule has 0 saturated carbocycles. The maximum Gasteiger partial charge on any atom is 0.337 e. The molecule has 1 aromatic carbocycles. The third-order valence-electron chi connectivity index (χ3n) is 2.72. The predicted molar refractivity (Wildman–Crippen MR) is 92.7 cm³/mol. The van der Waals surface area contributed by atoms with Crippen molar-refractivity contribution in [2.75, 3.05) is 40.5 Å². The van der Waals surface area contributed by atoms with Gasteiger partial charge in [-0.2, -0.15) is 0 Å². The predicted octanol–water partition coefficient (Wildman–Crippen LogP) is 1.17. The fraction of sp³-hybridized carbons (Fsp3) is 0.462. The van der Waals surface area contributed by atoms with Crippen molar-refractivity contribution in [1.82, 2.24) is 10.0 Å². The normalized spacial score (nSPS) is 10.9. The highest BCUT2D eigenvalue weighted by atomic mass is 79.9. The first kappa shape index (κ1) is 22.3. The Morgan fingerprint density at radius 3 is 2.48 bits per heavy atom. The van der Waals surface area contributed by atoms with Crippen molar-refractivity contribution < 1.29 is 22.7 Å². The SMILES string of the molecule is COCCNCCNS(=O)(=O)c1ccc(C(=O)OC)cc1Br.Cl. The Hall–Kier alpha value is -0.710. The first-order valence-corrected chi connectivity index (χ1v) is 8.77. The van der Waals surface area contributed by atoms with Gasteiger partial charge in [0.15, 0.2) is 0 Å². The number of methoxy groups -OCH3 is 2. The summed E-state index contributed by atoms with van der Waals surface area (Å²) >= 11 is 3.16. The van der Waals surface area contributed by atoms with Gasteiger partial charge in [-0.15, -0.1) is 12.4 Å². The second kappa shape index (κ2) is 11.0. The van der Waals surface area contributed by atoms with E-state index in [4.69, 9.17) is 4.74 Å². The van der Waals surface area contributed by atoms with Crippen molar-refractivity contribution in [3.8, 4) is 0 Å². The molecule has 1 aromatic rings. The van der Waals surface area contributed by atoms with Gasteiger partial charge < -0.3 is 14.8 Å². The Morgan fingerprint density at radius 1 is 1.22 bits per heavy atom. The number of hydrogen-bond acceptors (Lipinski definition) is 6. The Bertz CT molecular complexity index is 612. The molecule has 0 heterocycles. The van der Waals surface area contributed by atoms with Crippen LogP contribution in [0.3, 0.4) is 0 Å². The molecule has 23 heavy (non-hydrogen) atoms. The second-order valence-electron chi connectivity index (χ2n) is 4.28. The van der Waals surface area contributed by atoms with E-state index >= 15 is 0 Å². The van der Waals surface area contributed by atoms with Crippen LogP contribution < -0.4 is 10.0 Å². The van der Waals surface area contributed by atoms with Crippen LogP contribution >= 0.6 is 28.3 Å². The van der Waals surface area contributed by atoms with E-state index in [1.807, 2.05) is 0 Å². The number of halogens is 2. The molecule has 0 amide bonds. The van der Waals surface area contributed by atoms with Crippen molar-refractivity contribution in [2.24, 2.45) is 0 Å². The monoisotopic (exact) mass is 430 g/mol. The van der Waals surface area contributed by atoms with Gasteiger partial charge in [-0.05, 0) is 34.1 Å². The molecule has 0 aliphatic rings. The first-order chi connectivity index (χ1) is 10.4. The average Bonchev–Trinajstić information content (AvgIpc) is 2.49. The number of hydrogen-bond donors (Lipinski definition) is 2. The van der Waals surface area contributed by atoms with Crippen LogP contribution in [-0.4, -0.2) is 54.8 Å². The molecule has 0 spiro atoms. The molecule has 0 fully saturated rings. The number of sulfonamides is 1. The van der Waals surface area contributed by atoms with Crippen LogP contribution in [-0.2, 0) is 19.5 Å². The Labute approximate surface area is 150 Å². The smallest absolute Gasteiger partial charge is 0.337 e. The molecule has 0 bridgehead atoms. The number of benzene rings is 1. The van der Waals surface area contributed by atoms with Crippen molar-refractivity contribution in [1.29, 1.82) is 0 Å². The zero-order valence-electron chi connectivity index (χ0n) is 12.8. The Balaban J connectivity index is 0.00000484. The van der Waals surface area contributed by atoms with E-state index in [2.05, 4.69) is 30.7 Å². The summed E-state index contributed by atoms with van der Waals surface area (Å²) in [6, 6.07) is 4.18. The van der Waals surface area contributed by atoms with Crippen LogP contribution in [0.1, 0.15) is 10.4 Å². The van der Waals surface area contributed by atoms with Gasteiger partial charge in [0, 0.05) is 31.2 Å². The van der Waals surface area contributed by atoms with Gasteiger partial charge in [0.2, 0.25) is 10.0 Å². The van der Waals surface area contributed by atoms with Crippen molar-refractivity contribution in [2.45, 2.75) is 4.90 Å². The third kappa shape index (κ3) is 7.15. The number of carbonyl (C=O) groups is 1. The van der Waals surface area contributed by atoms with E-state index in [-0.39, 0.29) is 29.4 Å². The van der Waals surface area contributed by atoms with Gasteiger partial charge >= 0.3 is 5.97 Å². The minimum absolute atomic E-state index is 0. The number of carbonyl (C=O) groups excluding carboxylic acids is 1. The summed E-state index contributed by atoms with van der Waals surface area (Å²) in [7, 11) is -0.793. The molecule has 7 nitrogen and oxygen atoms in total. The Kier molecular flexibility index (Phi) is 10.6. The molecule has 0 unspecified atom stereocenters. The highest BCUT2D eigenvalue weighted by Gasteiger charge is 2.18. The third-order valence-corrected chi connectivity index (χ3v) is 5.16. The van der Waals surface area contributed by atoms with Crippen LogP contribution in [0.5, 0.6) is 0 Å². The fourth-order valence-electron chi connectivity index (χ4n) is 1.61. The molecule has 10 heteroatoms. The first-order valence-electron chi connectivity index (χ1n) is 6.49. The van der Waals surface area contributed by atoms with Gasteiger partial charge in [0.05, 0.1) is 24.2 Å². The lowest BCUT2D eigenvalue weighted by molar-refractivity contribution is 0.0600. The van der Waals surface area contributed by atoms with Crippen LogP contribution in [0.4, 0.5) is 0 Å². The largest absolute Gasteiger partial charge is 0.465 e. The molecule has 0 saturated heterocycles. The number of ether oxygens (including phenoxy) is 2. The summed E-state index contributed by atoms with van der Waals surface area (Å²) in [5, 5.41) is 3.03. The van der Waals surface area contributed by atoms with E-state index in [9.17, 15) is 13.2 Å². The van der Waals surface area contributed by atoms with Crippen molar-refractivity contribution in [3.63, 3.8) is 0 Å². The van der Waals surface area contributed by atoms with Crippen LogP contribution in [0.2, 0.25) is 0 Å². The van der Waals surface area contributed by atoms with Crippen LogP contribution in [0.25, 0.3) is 0 Å². The zero-order valence-corrected chi connectivity index (χ0v) is 16.0. The van der Waals surface area contributed by atoms with E-state index in [1.54, 1.807) is 7.11 Å². The summed E-state index contributed by atoms with van der Waals surface area (Å²) in [5.74, 6) is -0.528. The highest BCUT2D eigenvalue weighted by molar-refractivity contribution is 9.10. The lowest BCUT2D eigenvalue weighted by Crippen LogP contribution is -2.33. The van der Waals surface area contributed by atoms with E-state index in [0.717, 1.165) is 0 Å². The average molecular weight is 432 g/mol. The summed E-state index contributed by atoms with van der Waals surface area (Å²) < 4.78 is 36.6. The molecule has 0 aromatic heterocycles. The van der Waals surface area contributed by atoms with E-state index < -0.39 is 16.0 Å². The van der Waals surface area contributed by atoms with Crippen molar-refractivity contribution >= 4 is 44.3 Å². The van der Waals surface area contributed by atoms with Crippen LogP contribution in [0, 0.1) is 0 Å². The quantitative estimate of drug-likeness (QED) is 0.450. The molecule has 132 valence electrons. The van der Waals surface area contributed by atoms with Gasteiger partial charge in [-0.25, -0.2) is 17.9 Å². The number of nitrogens with one attached hydrogen (secondary N) is 2. The van der Waals surface area contributed by atoms with Crippen LogP contribution in [0.15, 0.2) is 27.6 Å². The summed E-state index contributed by atoms with van der Waals surface area (Å²) in [6.45, 7) is 1.95. The van der Waals surface area contributed by atoms with Gasteiger partial charge in [-0.1, -0.05) is 0 Å². The fourth-order valence-corrected chi connectivity index (χ4v) is 3.72. The second-order valence-corrected chi connectivity index (χ2v) is 6.87. The highest BCUT2D eigenvalue weighted by Crippen LogP contribution is 2.23. The zero-order chi connectivity index (χ0) is 16.6.